The molecule has 0 aliphatic carbocycles. The Morgan fingerprint density at radius 3 is 3.06 bits per heavy atom. The van der Waals surface area contributed by atoms with E-state index in [1.165, 1.54) is 0 Å². The molecule has 0 fully saturated rings. The van der Waals surface area contributed by atoms with Crippen molar-refractivity contribution in [1.82, 2.24) is 4.98 Å². The number of hydrogen-bond donors (Lipinski definition) is 2. The van der Waals surface area contributed by atoms with Crippen molar-refractivity contribution in [2.75, 3.05) is 11.9 Å². The van der Waals surface area contributed by atoms with Gasteiger partial charge in [-0.1, -0.05) is 11.6 Å². The number of carbonyl (C=O) groups excluding carboxylic acids is 1. The number of fused-ring (bicyclic) bond motifs is 1. The smallest absolute Gasteiger partial charge is 0.225 e. The van der Waals surface area contributed by atoms with Crippen molar-refractivity contribution in [3.63, 3.8) is 0 Å². The van der Waals surface area contributed by atoms with Gasteiger partial charge < -0.3 is 11.1 Å². The number of pyridine rings is 1. The summed E-state index contributed by atoms with van der Waals surface area (Å²) in [6.07, 6.45) is 1.99. The highest BCUT2D eigenvalue weighted by Gasteiger charge is 2.11. The molecule has 0 radical (unpaired) electrons. The molecule has 0 unspecified atom stereocenters. The second-order valence-corrected chi connectivity index (χ2v) is 4.44. The van der Waals surface area contributed by atoms with Crippen LogP contribution >= 0.6 is 11.6 Å². The number of aromatic nitrogens is 1. The van der Waals surface area contributed by atoms with Crippen molar-refractivity contribution < 1.29 is 4.79 Å². The van der Waals surface area contributed by atoms with Crippen LogP contribution < -0.4 is 11.1 Å². The molecule has 1 aromatic carbocycles. The van der Waals surface area contributed by atoms with Gasteiger partial charge in [0, 0.05) is 24.5 Å². The third kappa shape index (κ3) is 2.44. The van der Waals surface area contributed by atoms with Gasteiger partial charge in [0.25, 0.3) is 0 Å². The van der Waals surface area contributed by atoms with Gasteiger partial charge in [-0.15, -0.1) is 0 Å². The number of nitrogens with two attached hydrogens (primary N) is 1. The molecule has 94 valence electrons. The fraction of sp³-hybridized carbons (Fsp3) is 0.231. The van der Waals surface area contributed by atoms with E-state index in [0.717, 1.165) is 16.5 Å². The zero-order chi connectivity index (χ0) is 13.1. The van der Waals surface area contributed by atoms with Crippen LogP contribution in [-0.2, 0) is 4.79 Å². The second-order valence-electron chi connectivity index (χ2n) is 4.04. The summed E-state index contributed by atoms with van der Waals surface area (Å²) in [5, 5.41) is 4.14. The quantitative estimate of drug-likeness (QED) is 0.894. The van der Waals surface area contributed by atoms with Crippen LogP contribution in [0.25, 0.3) is 10.9 Å². The van der Waals surface area contributed by atoms with Gasteiger partial charge in [0.15, 0.2) is 0 Å². The van der Waals surface area contributed by atoms with Crippen LogP contribution in [0.1, 0.15) is 12.0 Å². The molecule has 1 aromatic heterocycles. The maximum atomic E-state index is 11.6. The van der Waals surface area contributed by atoms with Crippen molar-refractivity contribution in [1.29, 1.82) is 0 Å². The molecule has 2 aromatic rings. The summed E-state index contributed by atoms with van der Waals surface area (Å²) in [5.74, 6) is -0.145. The molecular weight excluding hydrogens is 250 g/mol. The zero-order valence-corrected chi connectivity index (χ0v) is 10.8. The summed E-state index contributed by atoms with van der Waals surface area (Å²) in [6, 6.07) is 5.50. The molecule has 1 heterocycles. The molecular formula is C13H14ClN3O. The Kier molecular flexibility index (Phi) is 3.79. The minimum Gasteiger partial charge on any atom is -0.330 e. The summed E-state index contributed by atoms with van der Waals surface area (Å²) in [6.45, 7) is 2.25. The fourth-order valence-electron chi connectivity index (χ4n) is 1.84. The first-order chi connectivity index (χ1) is 8.63. The summed E-state index contributed by atoms with van der Waals surface area (Å²) in [5.41, 5.74) is 7.77. The lowest BCUT2D eigenvalue weighted by Crippen LogP contribution is -2.16. The van der Waals surface area contributed by atoms with Crippen LogP contribution in [0.4, 0.5) is 5.69 Å². The number of carbonyl (C=O) groups is 1. The standard InChI is InChI=1S/C13H14ClN3O/c1-8-7-10(14)13(17-11(18)4-5-15)9-3-2-6-16-12(8)9/h2-3,6-7H,4-5,15H2,1H3,(H,17,18). The Balaban J connectivity index is 2.52. The average Bonchev–Trinajstić information content (AvgIpc) is 2.35. The minimum absolute atomic E-state index is 0.145. The Morgan fingerprint density at radius 1 is 1.56 bits per heavy atom. The molecule has 1 amide bonds. The van der Waals surface area contributed by atoms with Crippen LogP contribution in [0.15, 0.2) is 24.4 Å². The number of amides is 1. The molecule has 4 nitrogen and oxygen atoms in total. The maximum Gasteiger partial charge on any atom is 0.225 e. The Hall–Kier alpha value is -1.65. The summed E-state index contributed by atoms with van der Waals surface area (Å²) >= 11 is 6.18. The minimum atomic E-state index is -0.145. The van der Waals surface area contributed by atoms with E-state index >= 15 is 0 Å². The highest BCUT2D eigenvalue weighted by Crippen LogP contribution is 2.32. The Morgan fingerprint density at radius 2 is 2.33 bits per heavy atom. The molecule has 5 heteroatoms. The molecule has 18 heavy (non-hydrogen) atoms. The number of hydrogen-bond acceptors (Lipinski definition) is 3. The van der Waals surface area contributed by atoms with E-state index in [9.17, 15) is 4.79 Å². The molecule has 0 saturated heterocycles. The average molecular weight is 264 g/mol. The highest BCUT2D eigenvalue weighted by atomic mass is 35.5. The van der Waals surface area contributed by atoms with Gasteiger partial charge in [-0.25, -0.2) is 0 Å². The zero-order valence-electron chi connectivity index (χ0n) is 10.0. The van der Waals surface area contributed by atoms with Crippen LogP contribution in [0.2, 0.25) is 5.02 Å². The van der Waals surface area contributed by atoms with Crippen molar-refractivity contribution in [2.45, 2.75) is 13.3 Å². The van der Waals surface area contributed by atoms with Crippen molar-refractivity contribution in [2.24, 2.45) is 5.73 Å². The van der Waals surface area contributed by atoms with Gasteiger partial charge in [0.1, 0.15) is 0 Å². The molecule has 2 rings (SSSR count). The fourth-order valence-corrected chi connectivity index (χ4v) is 2.15. The van der Waals surface area contributed by atoms with Crippen molar-refractivity contribution >= 4 is 34.1 Å². The molecule has 3 N–H and O–H groups in total. The molecule has 0 atom stereocenters. The van der Waals surface area contributed by atoms with E-state index in [2.05, 4.69) is 10.3 Å². The number of nitrogens with zero attached hydrogens (tertiary/aromatic N) is 1. The summed E-state index contributed by atoms with van der Waals surface area (Å²) in [4.78, 5) is 15.9. The number of rotatable bonds is 3. The van der Waals surface area contributed by atoms with E-state index < -0.39 is 0 Å². The third-order valence-electron chi connectivity index (χ3n) is 2.67. The highest BCUT2D eigenvalue weighted by molar-refractivity contribution is 6.35. The monoisotopic (exact) mass is 263 g/mol. The maximum absolute atomic E-state index is 11.6. The molecule has 0 spiro atoms. The first kappa shape index (κ1) is 12.8. The number of anilines is 1. The van der Waals surface area contributed by atoms with E-state index in [4.69, 9.17) is 17.3 Å². The normalized spacial score (nSPS) is 10.6. The lowest BCUT2D eigenvalue weighted by molar-refractivity contribution is -0.116. The van der Waals surface area contributed by atoms with Crippen molar-refractivity contribution in [3.8, 4) is 0 Å². The van der Waals surface area contributed by atoms with E-state index in [-0.39, 0.29) is 12.3 Å². The third-order valence-corrected chi connectivity index (χ3v) is 2.97. The van der Waals surface area contributed by atoms with Gasteiger partial charge in [0.2, 0.25) is 5.91 Å². The van der Waals surface area contributed by atoms with E-state index in [1.54, 1.807) is 12.3 Å². The van der Waals surface area contributed by atoms with Crippen LogP contribution in [0.5, 0.6) is 0 Å². The predicted octanol–water partition coefficient (Wildman–Crippen LogP) is 2.48. The van der Waals surface area contributed by atoms with Crippen LogP contribution in [0, 0.1) is 6.92 Å². The van der Waals surface area contributed by atoms with Gasteiger partial charge in [-0.05, 0) is 30.7 Å². The summed E-state index contributed by atoms with van der Waals surface area (Å²) < 4.78 is 0. The summed E-state index contributed by atoms with van der Waals surface area (Å²) in [7, 11) is 0. The molecule has 0 aliphatic heterocycles. The van der Waals surface area contributed by atoms with Crippen LogP contribution in [0.3, 0.4) is 0 Å². The van der Waals surface area contributed by atoms with E-state index in [1.807, 2.05) is 19.1 Å². The van der Waals surface area contributed by atoms with Gasteiger partial charge >= 0.3 is 0 Å². The Bertz CT molecular complexity index is 598. The number of nitrogens with one attached hydrogen (secondary N) is 1. The molecule has 0 aliphatic rings. The number of halogens is 1. The Labute approximate surface area is 110 Å². The van der Waals surface area contributed by atoms with Crippen molar-refractivity contribution in [3.05, 3.63) is 35.0 Å². The largest absolute Gasteiger partial charge is 0.330 e. The van der Waals surface area contributed by atoms with Gasteiger partial charge in [-0.2, -0.15) is 0 Å². The molecule has 0 bridgehead atoms. The predicted molar refractivity (Wildman–Crippen MR) is 73.8 cm³/mol. The second kappa shape index (κ2) is 5.33. The first-order valence-corrected chi connectivity index (χ1v) is 6.05. The lowest BCUT2D eigenvalue weighted by Gasteiger charge is -2.11. The number of aryl methyl sites for hydroxylation is 1. The van der Waals surface area contributed by atoms with Gasteiger partial charge in [-0.3, -0.25) is 9.78 Å². The van der Waals surface area contributed by atoms with Crippen LogP contribution in [-0.4, -0.2) is 17.4 Å². The SMILES string of the molecule is Cc1cc(Cl)c(NC(=O)CCN)c2cccnc12. The topological polar surface area (TPSA) is 68.0 Å². The van der Waals surface area contributed by atoms with E-state index in [0.29, 0.717) is 17.3 Å². The van der Waals surface area contributed by atoms with Gasteiger partial charge in [0.05, 0.1) is 16.2 Å². The number of benzene rings is 1. The first-order valence-electron chi connectivity index (χ1n) is 5.67. The lowest BCUT2D eigenvalue weighted by atomic mass is 10.1. The molecule has 0 saturated carbocycles.